The van der Waals surface area contributed by atoms with E-state index in [0.29, 0.717) is 19.4 Å². The lowest BCUT2D eigenvalue weighted by molar-refractivity contribution is -0.318. The Morgan fingerprint density at radius 3 is 2.19 bits per heavy atom. The summed E-state index contributed by atoms with van der Waals surface area (Å²) < 4.78 is 37.4. The summed E-state index contributed by atoms with van der Waals surface area (Å²) in [7, 11) is 3.36. The molecule has 0 aromatic rings. The minimum absolute atomic E-state index is 0.0302. The third kappa shape index (κ3) is 10.2. The van der Waals surface area contributed by atoms with Crippen LogP contribution in [-0.4, -0.2) is 147 Å². The van der Waals surface area contributed by atoms with Gasteiger partial charge in [0, 0.05) is 50.1 Å². The summed E-state index contributed by atoms with van der Waals surface area (Å²) >= 11 is 0. The van der Waals surface area contributed by atoms with Gasteiger partial charge in [0.25, 0.3) is 0 Å². The Morgan fingerprint density at radius 1 is 0.981 bits per heavy atom. The third-order valence-corrected chi connectivity index (χ3v) is 12.4. The van der Waals surface area contributed by atoms with Gasteiger partial charge in [0.1, 0.15) is 23.9 Å². The molecule has 1 unspecified atom stereocenters. The zero-order valence-corrected chi connectivity index (χ0v) is 34.5. The molecule has 6 N–H and O–H groups in total. The minimum atomic E-state index is -1.93. The number of terminal acetylenes is 1. The number of carbonyl (C=O) groups excluding carboxylic acids is 1. The van der Waals surface area contributed by atoms with Crippen molar-refractivity contribution in [2.45, 2.75) is 186 Å². The molecule has 3 aliphatic heterocycles. The van der Waals surface area contributed by atoms with Crippen LogP contribution in [0.2, 0.25) is 0 Å². The second-order valence-corrected chi connectivity index (χ2v) is 17.0. The van der Waals surface area contributed by atoms with Gasteiger partial charge in [0.2, 0.25) is 0 Å². The second kappa shape index (κ2) is 18.7. The predicted molar refractivity (Wildman–Crippen MR) is 201 cm³/mol. The van der Waals surface area contributed by atoms with E-state index in [4.69, 9.17) is 40.3 Å². The molecular formula is C40H70N2O12. The molecular weight excluding hydrogens is 700 g/mol. The lowest BCUT2D eigenvalue weighted by Crippen LogP contribution is -2.61. The van der Waals surface area contributed by atoms with Gasteiger partial charge in [-0.1, -0.05) is 27.7 Å². The van der Waals surface area contributed by atoms with Crippen LogP contribution < -0.4 is 0 Å². The number of hydrogen-bond donors (Lipinski definition) is 6. The van der Waals surface area contributed by atoms with E-state index >= 15 is 0 Å². The standard InChI is InChI=1S/C40H70N2O12/c1-14-16-17-42(12)27-18-22(4)50-37(31(27)43)54-35-24(6)32(53-29-20-39(10,49-13)34(45)26(8)51-29)25(7)36(46)52-28(15-2)40(11,48)33(44)23(5)30(41)21(3)19-38(35,9)47/h1,21-29,31-35,37,41,43-45,47-48H,15-20H2,2-13H3/t21-,22-,23+,24+,25-,26+,27+,28-,29?,31-,32+,33-,34+,35-,37+,38-,39-,40-/m1/s1. The molecule has 0 aromatic carbocycles. The number of rotatable bonds is 9. The average molecular weight is 771 g/mol. The van der Waals surface area contributed by atoms with Crippen LogP contribution in [0.1, 0.15) is 101 Å². The van der Waals surface area contributed by atoms with Crippen molar-refractivity contribution in [2.24, 2.45) is 23.7 Å². The lowest BCUT2D eigenvalue weighted by atomic mass is 9.73. The maximum atomic E-state index is 14.2. The van der Waals surface area contributed by atoms with Gasteiger partial charge in [-0.05, 0) is 73.8 Å². The van der Waals surface area contributed by atoms with E-state index in [0.717, 1.165) is 0 Å². The van der Waals surface area contributed by atoms with Crippen molar-refractivity contribution < 1.29 is 58.7 Å². The Labute approximate surface area is 322 Å². The fourth-order valence-corrected chi connectivity index (χ4v) is 8.77. The molecule has 14 heteroatoms. The summed E-state index contributed by atoms with van der Waals surface area (Å²) in [6.45, 7) is 17.3. The van der Waals surface area contributed by atoms with Gasteiger partial charge in [0.05, 0.1) is 47.6 Å². The predicted octanol–water partition coefficient (Wildman–Crippen LogP) is 2.63. The average Bonchev–Trinajstić information content (AvgIpc) is 3.11. The van der Waals surface area contributed by atoms with Crippen molar-refractivity contribution in [2.75, 3.05) is 20.7 Å². The molecule has 14 nitrogen and oxygen atoms in total. The summed E-state index contributed by atoms with van der Waals surface area (Å²) in [6.07, 6.45) is -3.49. The first-order valence-electron chi connectivity index (χ1n) is 19.6. The van der Waals surface area contributed by atoms with E-state index in [1.807, 2.05) is 18.9 Å². The van der Waals surface area contributed by atoms with Crippen LogP contribution in [-0.2, 0) is 33.2 Å². The van der Waals surface area contributed by atoms with Crippen LogP contribution in [0.25, 0.3) is 0 Å². The Morgan fingerprint density at radius 2 is 1.61 bits per heavy atom. The molecule has 0 bridgehead atoms. The number of likely N-dealkylation sites (N-methyl/N-ethyl adjacent to an activating group) is 1. The summed E-state index contributed by atoms with van der Waals surface area (Å²) in [4.78, 5) is 16.1. The molecule has 0 saturated carbocycles. The summed E-state index contributed by atoms with van der Waals surface area (Å²) in [5, 5.41) is 67.4. The molecule has 0 aromatic heterocycles. The largest absolute Gasteiger partial charge is 0.459 e. The van der Waals surface area contributed by atoms with E-state index in [-0.39, 0.29) is 37.1 Å². The van der Waals surface area contributed by atoms with Gasteiger partial charge in [0.15, 0.2) is 12.6 Å². The molecule has 54 heavy (non-hydrogen) atoms. The summed E-state index contributed by atoms with van der Waals surface area (Å²) in [5.74, 6) is -1.49. The molecule has 0 spiro atoms. The topological polar surface area (TPSA) is 201 Å². The second-order valence-electron chi connectivity index (χ2n) is 17.0. The van der Waals surface area contributed by atoms with Gasteiger partial charge < -0.3 is 59.4 Å². The highest BCUT2D eigenvalue weighted by molar-refractivity contribution is 5.86. The first-order chi connectivity index (χ1) is 25.0. The Balaban J connectivity index is 2.18. The number of hydrogen-bond acceptors (Lipinski definition) is 14. The maximum absolute atomic E-state index is 14.2. The van der Waals surface area contributed by atoms with E-state index in [1.165, 1.54) is 14.0 Å². The van der Waals surface area contributed by atoms with E-state index in [1.54, 1.807) is 55.4 Å². The number of cyclic esters (lactones) is 1. The number of methoxy groups -OCH3 is 1. The Hall–Kier alpha value is -1.74. The van der Waals surface area contributed by atoms with Crippen LogP contribution in [0.15, 0.2) is 0 Å². The number of aliphatic hydroxyl groups excluding tert-OH is 3. The fraction of sp³-hybridized carbons (Fsp3) is 0.900. The Kier molecular flexibility index (Phi) is 16.1. The highest BCUT2D eigenvalue weighted by atomic mass is 16.7. The number of esters is 1. The van der Waals surface area contributed by atoms with Crippen LogP contribution in [0, 0.1) is 41.4 Å². The van der Waals surface area contributed by atoms with Crippen molar-refractivity contribution in [3.8, 4) is 12.3 Å². The normalized spacial score (nSPS) is 47.5. The molecule has 312 valence electrons. The van der Waals surface area contributed by atoms with E-state index < -0.39 is 102 Å². The summed E-state index contributed by atoms with van der Waals surface area (Å²) in [6, 6.07) is -0.379. The van der Waals surface area contributed by atoms with Gasteiger partial charge in [-0.3, -0.25) is 9.69 Å². The van der Waals surface area contributed by atoms with E-state index in [2.05, 4.69) is 5.92 Å². The van der Waals surface area contributed by atoms with Crippen LogP contribution in [0.5, 0.6) is 0 Å². The lowest BCUT2D eigenvalue weighted by Gasteiger charge is -2.49. The quantitative estimate of drug-likeness (QED) is 0.148. The first kappa shape index (κ1) is 46.6. The number of nitrogens with one attached hydrogen (secondary N) is 1. The Bertz CT molecular complexity index is 1290. The van der Waals surface area contributed by atoms with Gasteiger partial charge in [-0.25, -0.2) is 0 Å². The van der Waals surface area contributed by atoms with Crippen molar-refractivity contribution in [1.29, 1.82) is 5.41 Å². The van der Waals surface area contributed by atoms with Gasteiger partial charge in [-0.15, -0.1) is 12.3 Å². The molecule has 0 radical (unpaired) electrons. The number of nitrogens with zero attached hydrogens (tertiary/aromatic N) is 1. The SMILES string of the molecule is C#CCCN(C)[C@H]1C[C@@H](C)O[C@@H](O[C@@H]2[C@@H](C)[C@H](OC3C[C@@](C)(OC)[C@@H](O)[C@H](C)O3)[C@@H](C)C(=O)O[C@H](CC)[C@@](C)(O)[C@H](O)[C@@H](C)C(=N)[C@H](C)C[C@@]2(C)O)[C@@H]1O. The molecule has 3 heterocycles. The molecule has 3 aliphatic rings. The maximum Gasteiger partial charge on any atom is 0.311 e. The minimum Gasteiger partial charge on any atom is -0.459 e. The highest BCUT2D eigenvalue weighted by Gasteiger charge is 2.53. The first-order valence-corrected chi connectivity index (χ1v) is 19.6. The highest BCUT2D eigenvalue weighted by Crippen LogP contribution is 2.41. The smallest absolute Gasteiger partial charge is 0.311 e. The van der Waals surface area contributed by atoms with Crippen molar-refractivity contribution >= 4 is 11.7 Å². The van der Waals surface area contributed by atoms with Crippen LogP contribution in [0.4, 0.5) is 0 Å². The molecule has 3 saturated heterocycles. The molecule has 0 aliphatic carbocycles. The number of carbonyl (C=O) groups is 1. The van der Waals surface area contributed by atoms with Crippen molar-refractivity contribution in [3.05, 3.63) is 0 Å². The molecule has 3 rings (SSSR count). The molecule has 3 fully saturated rings. The van der Waals surface area contributed by atoms with Crippen LogP contribution in [0.3, 0.4) is 0 Å². The zero-order valence-electron chi connectivity index (χ0n) is 34.5. The van der Waals surface area contributed by atoms with Crippen LogP contribution >= 0.6 is 0 Å². The number of ether oxygens (including phenoxy) is 6. The third-order valence-electron chi connectivity index (χ3n) is 12.4. The monoisotopic (exact) mass is 770 g/mol. The van der Waals surface area contributed by atoms with Gasteiger partial charge in [-0.2, -0.15) is 0 Å². The fourth-order valence-electron chi connectivity index (χ4n) is 8.77. The van der Waals surface area contributed by atoms with E-state index in [9.17, 15) is 30.3 Å². The number of aliphatic hydroxyl groups is 5. The molecule has 18 atom stereocenters. The van der Waals surface area contributed by atoms with Gasteiger partial charge >= 0.3 is 5.97 Å². The molecule has 0 amide bonds. The van der Waals surface area contributed by atoms with Crippen molar-refractivity contribution in [1.82, 2.24) is 4.90 Å². The zero-order chi connectivity index (χ0) is 41.1. The van der Waals surface area contributed by atoms with Crippen molar-refractivity contribution in [3.63, 3.8) is 0 Å². The summed E-state index contributed by atoms with van der Waals surface area (Å²) in [5.41, 5.74) is -4.65.